The summed E-state index contributed by atoms with van der Waals surface area (Å²) in [7, 11) is 1.85. The van der Waals surface area contributed by atoms with E-state index in [-0.39, 0.29) is 24.0 Å². The molecule has 1 saturated heterocycles. The maximum Gasteiger partial charge on any atom is 0.208 e. The largest absolute Gasteiger partial charge is 0.444 e. The van der Waals surface area contributed by atoms with E-state index in [1.54, 1.807) is 0 Å². The number of piperidine rings is 1. The molecule has 0 aromatic carbocycles. The third-order valence-corrected chi connectivity index (χ3v) is 5.17. The van der Waals surface area contributed by atoms with Gasteiger partial charge < -0.3 is 15.1 Å². The molecule has 7 heteroatoms. The molecule has 0 aliphatic carbocycles. The summed E-state index contributed by atoms with van der Waals surface area (Å²) in [6.07, 6.45) is 4.86. The molecule has 1 aliphatic rings. The fraction of sp³-hybridized carbons (Fsp3) is 0.800. The standard InChI is InChI=1S/C20H37N5O.HI/c1-15(2)7-6-10-22-20(21-5)23-13-18-8-11-25(12-9-18)14-19-24-16(3)17(4)26-19;/h15,18H,6-14H2,1-5H3,(H2,21,22,23);1H. The third-order valence-electron chi connectivity index (χ3n) is 5.17. The maximum absolute atomic E-state index is 5.71. The minimum Gasteiger partial charge on any atom is -0.444 e. The Hall–Kier alpha value is -0.830. The van der Waals surface area contributed by atoms with Crippen molar-refractivity contribution in [3.05, 3.63) is 17.3 Å². The second kappa shape index (κ2) is 12.6. The van der Waals surface area contributed by atoms with Crippen molar-refractivity contribution < 1.29 is 4.42 Å². The zero-order chi connectivity index (χ0) is 18.9. The summed E-state index contributed by atoms with van der Waals surface area (Å²) in [5.41, 5.74) is 1.01. The molecule has 0 saturated carbocycles. The highest BCUT2D eigenvalue weighted by Gasteiger charge is 2.21. The molecule has 1 aromatic heterocycles. The van der Waals surface area contributed by atoms with Gasteiger partial charge in [-0.3, -0.25) is 9.89 Å². The molecule has 27 heavy (non-hydrogen) atoms. The van der Waals surface area contributed by atoms with Crippen LogP contribution < -0.4 is 10.6 Å². The lowest BCUT2D eigenvalue weighted by atomic mass is 9.97. The minimum atomic E-state index is 0. The number of aryl methyl sites for hydroxylation is 2. The van der Waals surface area contributed by atoms with Crippen molar-refractivity contribution >= 4 is 29.9 Å². The van der Waals surface area contributed by atoms with E-state index in [4.69, 9.17) is 4.42 Å². The van der Waals surface area contributed by atoms with Crippen molar-refractivity contribution in [1.82, 2.24) is 20.5 Å². The number of nitrogens with zero attached hydrogens (tertiary/aromatic N) is 3. The average Bonchev–Trinajstić information content (AvgIpc) is 2.93. The van der Waals surface area contributed by atoms with Crippen molar-refractivity contribution in [3.63, 3.8) is 0 Å². The van der Waals surface area contributed by atoms with E-state index >= 15 is 0 Å². The number of aromatic nitrogens is 1. The van der Waals surface area contributed by atoms with Crippen molar-refractivity contribution in [2.24, 2.45) is 16.8 Å². The van der Waals surface area contributed by atoms with Crippen LogP contribution in [0.2, 0.25) is 0 Å². The zero-order valence-electron chi connectivity index (χ0n) is 17.7. The number of halogens is 1. The first kappa shape index (κ1) is 24.2. The molecule has 2 rings (SSSR count). The Balaban J connectivity index is 0.00000364. The van der Waals surface area contributed by atoms with Crippen LogP contribution in [0.3, 0.4) is 0 Å². The summed E-state index contributed by atoms with van der Waals surface area (Å²) in [6, 6.07) is 0. The lowest BCUT2D eigenvalue weighted by Crippen LogP contribution is -2.43. The van der Waals surface area contributed by atoms with Gasteiger partial charge in [0, 0.05) is 20.1 Å². The predicted octanol–water partition coefficient (Wildman–Crippen LogP) is 3.72. The van der Waals surface area contributed by atoms with Gasteiger partial charge >= 0.3 is 0 Å². The van der Waals surface area contributed by atoms with Crippen molar-refractivity contribution in [3.8, 4) is 0 Å². The molecular formula is C20H38IN5O. The number of oxazole rings is 1. The third kappa shape index (κ3) is 8.81. The Morgan fingerprint density at radius 1 is 1.26 bits per heavy atom. The number of rotatable bonds is 8. The molecule has 156 valence electrons. The quantitative estimate of drug-likeness (QED) is 0.251. The van der Waals surface area contributed by atoms with E-state index in [2.05, 4.69) is 39.4 Å². The van der Waals surface area contributed by atoms with Gasteiger partial charge in [-0.25, -0.2) is 4.98 Å². The summed E-state index contributed by atoms with van der Waals surface area (Å²) in [5, 5.41) is 6.91. The Labute approximate surface area is 182 Å². The second-order valence-electron chi connectivity index (χ2n) is 7.88. The van der Waals surface area contributed by atoms with Crippen LogP contribution in [0, 0.1) is 25.7 Å². The number of nitrogens with one attached hydrogen (secondary N) is 2. The first-order valence-corrected chi connectivity index (χ1v) is 10.1. The molecule has 1 aromatic rings. The Bertz CT molecular complexity index is 545. The molecule has 1 aliphatic heterocycles. The molecule has 0 spiro atoms. The molecule has 2 heterocycles. The van der Waals surface area contributed by atoms with Gasteiger partial charge in [-0.15, -0.1) is 24.0 Å². The van der Waals surface area contributed by atoms with Gasteiger partial charge in [0.1, 0.15) is 5.76 Å². The fourth-order valence-corrected chi connectivity index (χ4v) is 3.33. The first-order chi connectivity index (χ1) is 12.5. The summed E-state index contributed by atoms with van der Waals surface area (Å²) < 4.78 is 5.71. The van der Waals surface area contributed by atoms with Crippen LogP contribution in [0.5, 0.6) is 0 Å². The topological polar surface area (TPSA) is 65.7 Å². The molecule has 2 N–H and O–H groups in total. The maximum atomic E-state index is 5.71. The van der Waals surface area contributed by atoms with Gasteiger partial charge in [-0.05, 0) is 64.5 Å². The molecule has 0 amide bonds. The van der Waals surface area contributed by atoms with Gasteiger partial charge in [0.2, 0.25) is 5.89 Å². The molecular weight excluding hydrogens is 453 g/mol. The van der Waals surface area contributed by atoms with E-state index in [0.717, 1.165) is 61.9 Å². The lowest BCUT2D eigenvalue weighted by Gasteiger charge is -2.31. The summed E-state index contributed by atoms with van der Waals surface area (Å²) in [5.74, 6) is 4.19. The van der Waals surface area contributed by atoms with Gasteiger partial charge in [0.15, 0.2) is 5.96 Å². The van der Waals surface area contributed by atoms with E-state index in [1.165, 1.54) is 25.7 Å². The van der Waals surface area contributed by atoms with Crippen LogP contribution in [-0.2, 0) is 6.54 Å². The summed E-state index contributed by atoms with van der Waals surface area (Å²) >= 11 is 0. The van der Waals surface area contributed by atoms with Crippen molar-refractivity contribution in [1.29, 1.82) is 0 Å². The summed E-state index contributed by atoms with van der Waals surface area (Å²) in [4.78, 5) is 11.3. The van der Waals surface area contributed by atoms with Gasteiger partial charge in [-0.2, -0.15) is 0 Å². The van der Waals surface area contributed by atoms with Gasteiger partial charge in [0.25, 0.3) is 0 Å². The number of hydrogen-bond acceptors (Lipinski definition) is 4. The van der Waals surface area contributed by atoms with Crippen LogP contribution in [-0.4, -0.2) is 49.1 Å². The molecule has 0 radical (unpaired) electrons. The van der Waals surface area contributed by atoms with E-state index in [0.29, 0.717) is 5.92 Å². The average molecular weight is 491 g/mol. The SMILES string of the molecule is CN=C(NCCCC(C)C)NCC1CCN(Cc2nc(C)c(C)o2)CC1.I. The second-order valence-corrected chi connectivity index (χ2v) is 7.88. The lowest BCUT2D eigenvalue weighted by molar-refractivity contribution is 0.164. The van der Waals surface area contributed by atoms with Crippen LogP contribution in [0.4, 0.5) is 0 Å². The van der Waals surface area contributed by atoms with Crippen molar-refractivity contribution in [2.45, 2.75) is 59.9 Å². The normalized spacial score (nSPS) is 16.4. The van der Waals surface area contributed by atoms with Crippen LogP contribution >= 0.6 is 24.0 Å². The monoisotopic (exact) mass is 491 g/mol. The Morgan fingerprint density at radius 2 is 1.96 bits per heavy atom. The van der Waals surface area contributed by atoms with E-state index in [9.17, 15) is 0 Å². The number of guanidine groups is 1. The van der Waals surface area contributed by atoms with Crippen LogP contribution in [0.25, 0.3) is 0 Å². The number of aliphatic imine (C=N–C) groups is 1. The summed E-state index contributed by atoms with van der Waals surface area (Å²) in [6.45, 7) is 13.5. The number of hydrogen-bond donors (Lipinski definition) is 2. The van der Waals surface area contributed by atoms with E-state index in [1.807, 2.05) is 20.9 Å². The van der Waals surface area contributed by atoms with Gasteiger partial charge in [-0.1, -0.05) is 13.8 Å². The number of likely N-dealkylation sites (tertiary alicyclic amines) is 1. The first-order valence-electron chi connectivity index (χ1n) is 10.1. The van der Waals surface area contributed by atoms with Gasteiger partial charge in [0.05, 0.1) is 12.2 Å². The fourth-order valence-electron chi connectivity index (χ4n) is 3.33. The Kier molecular flexibility index (Phi) is 11.3. The zero-order valence-corrected chi connectivity index (χ0v) is 20.0. The van der Waals surface area contributed by atoms with Crippen LogP contribution in [0.1, 0.15) is 56.9 Å². The highest BCUT2D eigenvalue weighted by atomic mass is 127. The van der Waals surface area contributed by atoms with Crippen molar-refractivity contribution in [2.75, 3.05) is 33.2 Å². The van der Waals surface area contributed by atoms with Crippen LogP contribution in [0.15, 0.2) is 9.41 Å². The predicted molar refractivity (Wildman–Crippen MR) is 123 cm³/mol. The Morgan fingerprint density at radius 3 is 2.52 bits per heavy atom. The minimum absolute atomic E-state index is 0. The molecule has 6 nitrogen and oxygen atoms in total. The molecule has 0 bridgehead atoms. The smallest absolute Gasteiger partial charge is 0.208 e. The highest BCUT2D eigenvalue weighted by Crippen LogP contribution is 2.19. The molecule has 0 unspecified atom stereocenters. The molecule has 0 atom stereocenters. The van der Waals surface area contributed by atoms with E-state index < -0.39 is 0 Å². The highest BCUT2D eigenvalue weighted by molar-refractivity contribution is 14.0. The molecule has 1 fully saturated rings.